The second-order valence-electron chi connectivity index (χ2n) is 5.61. The monoisotopic (exact) mass is 270 g/mol. The first-order valence-electron chi connectivity index (χ1n) is 7.21. The van der Waals surface area contributed by atoms with Gasteiger partial charge in [-0.2, -0.15) is 0 Å². The second kappa shape index (κ2) is 7.48. The fourth-order valence-corrected chi connectivity index (χ4v) is 2.48. The number of hydrogen-bond donors (Lipinski definition) is 2. The maximum Gasteiger partial charge on any atom is 0.303 e. The Morgan fingerprint density at radius 3 is 2.42 bits per heavy atom. The van der Waals surface area contributed by atoms with E-state index in [1.807, 2.05) is 18.7 Å². The van der Waals surface area contributed by atoms with Gasteiger partial charge in [0.15, 0.2) is 0 Å². The summed E-state index contributed by atoms with van der Waals surface area (Å²) in [5, 5.41) is 8.66. The summed E-state index contributed by atoms with van der Waals surface area (Å²) in [5.41, 5.74) is 5.97. The summed E-state index contributed by atoms with van der Waals surface area (Å²) in [5.74, 6) is -0.0551. The van der Waals surface area contributed by atoms with E-state index in [2.05, 4.69) is 0 Å². The molecular formula is C14H26N2O3. The molecule has 3 N–H and O–H groups in total. The number of nitrogens with two attached hydrogens (primary N) is 1. The standard InChI is InChI=1S/C14H26N2O3/c1-3-10(2)13(15)14(19)16-8-6-11(7-9-16)4-5-12(17)18/h10-11,13H,3-9,15H2,1-2H3,(H,17,18)/t10-,13-/m0/s1. The van der Waals surface area contributed by atoms with Gasteiger partial charge in [0.25, 0.3) is 0 Å². The van der Waals surface area contributed by atoms with Crippen molar-refractivity contribution in [2.75, 3.05) is 13.1 Å². The molecule has 5 heteroatoms. The molecule has 0 radical (unpaired) electrons. The van der Waals surface area contributed by atoms with Crippen LogP contribution in [-0.2, 0) is 9.59 Å². The van der Waals surface area contributed by atoms with Crippen LogP contribution in [-0.4, -0.2) is 41.0 Å². The normalized spacial score (nSPS) is 20.1. The van der Waals surface area contributed by atoms with Crippen LogP contribution in [0.1, 0.15) is 46.0 Å². The third kappa shape index (κ3) is 4.82. The zero-order chi connectivity index (χ0) is 14.4. The lowest BCUT2D eigenvalue weighted by Crippen LogP contribution is -2.49. The van der Waals surface area contributed by atoms with Crippen LogP contribution in [0, 0.1) is 11.8 Å². The topological polar surface area (TPSA) is 83.6 Å². The van der Waals surface area contributed by atoms with Crippen LogP contribution in [0.2, 0.25) is 0 Å². The molecule has 0 aromatic heterocycles. The van der Waals surface area contributed by atoms with Gasteiger partial charge in [0, 0.05) is 19.5 Å². The van der Waals surface area contributed by atoms with Crippen molar-refractivity contribution in [1.29, 1.82) is 0 Å². The Bertz CT molecular complexity index is 312. The van der Waals surface area contributed by atoms with Crippen molar-refractivity contribution in [1.82, 2.24) is 4.90 Å². The van der Waals surface area contributed by atoms with Gasteiger partial charge in [-0.3, -0.25) is 9.59 Å². The number of hydrogen-bond acceptors (Lipinski definition) is 3. The summed E-state index contributed by atoms with van der Waals surface area (Å²) >= 11 is 0. The lowest BCUT2D eigenvalue weighted by molar-refractivity contribution is -0.138. The van der Waals surface area contributed by atoms with E-state index in [0.717, 1.165) is 25.7 Å². The molecule has 1 heterocycles. The Morgan fingerprint density at radius 2 is 1.95 bits per heavy atom. The minimum Gasteiger partial charge on any atom is -0.481 e. The Kier molecular flexibility index (Phi) is 6.28. The number of aliphatic carboxylic acids is 1. The van der Waals surface area contributed by atoms with E-state index in [0.29, 0.717) is 19.0 Å². The summed E-state index contributed by atoms with van der Waals surface area (Å²) in [6.07, 6.45) is 3.64. The Hall–Kier alpha value is -1.10. The van der Waals surface area contributed by atoms with E-state index >= 15 is 0 Å². The van der Waals surface area contributed by atoms with Crippen molar-refractivity contribution in [3.05, 3.63) is 0 Å². The summed E-state index contributed by atoms with van der Waals surface area (Å²) in [6, 6.07) is -0.402. The predicted molar refractivity (Wildman–Crippen MR) is 73.6 cm³/mol. The highest BCUT2D eigenvalue weighted by molar-refractivity contribution is 5.82. The zero-order valence-corrected chi connectivity index (χ0v) is 12.0. The van der Waals surface area contributed by atoms with Crippen LogP contribution >= 0.6 is 0 Å². The largest absolute Gasteiger partial charge is 0.481 e. The van der Waals surface area contributed by atoms with Gasteiger partial charge in [-0.15, -0.1) is 0 Å². The first-order valence-corrected chi connectivity index (χ1v) is 7.21. The predicted octanol–water partition coefficient (Wildman–Crippen LogP) is 1.46. The maximum atomic E-state index is 12.2. The van der Waals surface area contributed by atoms with Gasteiger partial charge in [0.2, 0.25) is 5.91 Å². The number of amides is 1. The van der Waals surface area contributed by atoms with Crippen molar-refractivity contribution in [3.8, 4) is 0 Å². The molecule has 1 aliphatic heterocycles. The number of carboxylic acid groups (broad SMARTS) is 1. The van der Waals surface area contributed by atoms with Gasteiger partial charge in [-0.25, -0.2) is 0 Å². The van der Waals surface area contributed by atoms with E-state index in [-0.39, 0.29) is 18.2 Å². The number of carboxylic acids is 1. The third-order valence-corrected chi connectivity index (χ3v) is 4.23. The molecule has 1 aliphatic rings. The van der Waals surface area contributed by atoms with Crippen LogP contribution in [0.3, 0.4) is 0 Å². The number of piperidine rings is 1. The molecular weight excluding hydrogens is 244 g/mol. The SMILES string of the molecule is CC[C@H](C)[C@H](N)C(=O)N1CCC(CCC(=O)O)CC1. The van der Waals surface area contributed by atoms with Crippen LogP contribution in [0.25, 0.3) is 0 Å². The van der Waals surface area contributed by atoms with Crippen LogP contribution < -0.4 is 5.73 Å². The van der Waals surface area contributed by atoms with Crippen molar-refractivity contribution in [2.45, 2.75) is 52.0 Å². The molecule has 1 rings (SSSR count). The number of rotatable bonds is 6. The quantitative estimate of drug-likeness (QED) is 0.765. The molecule has 0 unspecified atom stereocenters. The van der Waals surface area contributed by atoms with Gasteiger partial charge in [0.05, 0.1) is 6.04 Å². The van der Waals surface area contributed by atoms with Crippen LogP contribution in [0.4, 0.5) is 0 Å². The molecule has 19 heavy (non-hydrogen) atoms. The lowest BCUT2D eigenvalue weighted by Gasteiger charge is -2.34. The molecule has 1 amide bonds. The number of carbonyl (C=O) groups excluding carboxylic acids is 1. The fraction of sp³-hybridized carbons (Fsp3) is 0.857. The van der Waals surface area contributed by atoms with Gasteiger partial charge in [-0.1, -0.05) is 20.3 Å². The van der Waals surface area contributed by atoms with Crippen molar-refractivity contribution in [3.63, 3.8) is 0 Å². The molecule has 0 aliphatic carbocycles. The average molecular weight is 270 g/mol. The number of nitrogens with zero attached hydrogens (tertiary/aromatic N) is 1. The minimum atomic E-state index is -0.739. The van der Waals surface area contributed by atoms with Gasteiger partial charge < -0.3 is 15.7 Å². The molecule has 0 spiro atoms. The highest BCUT2D eigenvalue weighted by atomic mass is 16.4. The molecule has 0 aromatic carbocycles. The van der Waals surface area contributed by atoms with E-state index in [9.17, 15) is 9.59 Å². The van der Waals surface area contributed by atoms with Crippen molar-refractivity contribution < 1.29 is 14.7 Å². The van der Waals surface area contributed by atoms with E-state index in [4.69, 9.17) is 10.8 Å². The molecule has 2 atom stereocenters. The van der Waals surface area contributed by atoms with Crippen LogP contribution in [0.5, 0.6) is 0 Å². The second-order valence-corrected chi connectivity index (χ2v) is 5.61. The lowest BCUT2D eigenvalue weighted by atomic mass is 9.91. The Labute approximate surface area is 115 Å². The highest BCUT2D eigenvalue weighted by Crippen LogP contribution is 2.23. The smallest absolute Gasteiger partial charge is 0.303 e. The summed E-state index contributed by atoms with van der Waals surface area (Å²) in [6.45, 7) is 5.47. The van der Waals surface area contributed by atoms with E-state index in [1.54, 1.807) is 0 Å². The van der Waals surface area contributed by atoms with Gasteiger partial charge >= 0.3 is 5.97 Å². The van der Waals surface area contributed by atoms with Crippen LogP contribution in [0.15, 0.2) is 0 Å². The molecule has 0 saturated carbocycles. The highest BCUT2D eigenvalue weighted by Gasteiger charge is 2.28. The van der Waals surface area contributed by atoms with E-state index in [1.165, 1.54) is 0 Å². The maximum absolute atomic E-state index is 12.2. The Morgan fingerprint density at radius 1 is 1.37 bits per heavy atom. The molecule has 0 aromatic rings. The molecule has 1 saturated heterocycles. The van der Waals surface area contributed by atoms with Gasteiger partial charge in [0.1, 0.15) is 0 Å². The number of likely N-dealkylation sites (tertiary alicyclic amines) is 1. The number of carbonyl (C=O) groups is 2. The third-order valence-electron chi connectivity index (χ3n) is 4.23. The van der Waals surface area contributed by atoms with E-state index < -0.39 is 12.0 Å². The Balaban J connectivity index is 2.36. The van der Waals surface area contributed by atoms with Gasteiger partial charge in [-0.05, 0) is 31.1 Å². The summed E-state index contributed by atoms with van der Waals surface area (Å²) in [7, 11) is 0. The average Bonchev–Trinajstić information content (AvgIpc) is 2.43. The minimum absolute atomic E-state index is 0.0473. The molecule has 110 valence electrons. The molecule has 1 fully saturated rings. The summed E-state index contributed by atoms with van der Waals surface area (Å²) in [4.78, 5) is 24.6. The van der Waals surface area contributed by atoms with Crippen molar-refractivity contribution >= 4 is 11.9 Å². The van der Waals surface area contributed by atoms with Crippen molar-refractivity contribution in [2.24, 2.45) is 17.6 Å². The fourth-order valence-electron chi connectivity index (χ4n) is 2.48. The first-order chi connectivity index (χ1) is 8.95. The molecule has 5 nitrogen and oxygen atoms in total. The molecule has 0 bridgehead atoms. The summed E-state index contributed by atoms with van der Waals surface area (Å²) < 4.78 is 0. The zero-order valence-electron chi connectivity index (χ0n) is 12.0. The first kappa shape index (κ1) is 16.0.